The highest BCUT2D eigenvalue weighted by atomic mass is 19.1. The number of pyridine rings is 1. The van der Waals surface area contributed by atoms with Gasteiger partial charge in [0.2, 0.25) is 5.91 Å². The molecule has 2 aromatic heterocycles. The lowest BCUT2D eigenvalue weighted by atomic mass is 10.2. The topological polar surface area (TPSA) is 44.1 Å². The summed E-state index contributed by atoms with van der Waals surface area (Å²) in [6, 6.07) is 12.5. The Kier molecular flexibility index (Phi) is 6.40. The monoisotopic (exact) mass is 409 g/mol. The van der Waals surface area contributed by atoms with Gasteiger partial charge in [0.25, 0.3) is 0 Å². The Morgan fingerprint density at radius 2 is 1.90 bits per heavy atom. The lowest BCUT2D eigenvalue weighted by Crippen LogP contribution is -2.49. The standard InChI is InChI=1S/C23H28FN5O/c1-2-28(15-19-6-5-7-20(24)14-19)23(30)18-27-12-10-26(11-13-27)16-21-17-29-9-4-3-8-22(29)25-21/h3-9,14,17H,2,10-13,15-16,18H2,1H3. The summed E-state index contributed by atoms with van der Waals surface area (Å²) in [7, 11) is 0. The van der Waals surface area contributed by atoms with Crippen LogP contribution in [0.25, 0.3) is 5.65 Å². The summed E-state index contributed by atoms with van der Waals surface area (Å²) in [6.45, 7) is 7.80. The first-order valence-electron chi connectivity index (χ1n) is 10.5. The number of imidazole rings is 1. The number of nitrogens with zero attached hydrogens (tertiary/aromatic N) is 5. The maximum Gasteiger partial charge on any atom is 0.237 e. The number of fused-ring (bicyclic) bond motifs is 1. The van der Waals surface area contributed by atoms with Gasteiger partial charge in [0.05, 0.1) is 12.2 Å². The van der Waals surface area contributed by atoms with Gasteiger partial charge < -0.3 is 9.30 Å². The SMILES string of the molecule is CCN(Cc1cccc(F)c1)C(=O)CN1CCN(Cc2cn3ccccc3n2)CC1. The van der Waals surface area contributed by atoms with Gasteiger partial charge in [-0.05, 0) is 36.8 Å². The molecule has 30 heavy (non-hydrogen) atoms. The molecule has 0 spiro atoms. The van der Waals surface area contributed by atoms with E-state index in [-0.39, 0.29) is 11.7 Å². The molecule has 4 rings (SSSR count). The lowest BCUT2D eigenvalue weighted by Gasteiger charge is -2.35. The van der Waals surface area contributed by atoms with Crippen LogP contribution in [-0.2, 0) is 17.9 Å². The van der Waals surface area contributed by atoms with Crippen LogP contribution in [0.1, 0.15) is 18.2 Å². The van der Waals surface area contributed by atoms with Crippen molar-refractivity contribution in [2.45, 2.75) is 20.0 Å². The summed E-state index contributed by atoms with van der Waals surface area (Å²) in [5, 5.41) is 0. The van der Waals surface area contributed by atoms with Gasteiger partial charge in [-0.25, -0.2) is 9.37 Å². The molecule has 1 amide bonds. The van der Waals surface area contributed by atoms with Crippen LogP contribution in [0.3, 0.4) is 0 Å². The first-order valence-corrected chi connectivity index (χ1v) is 10.5. The van der Waals surface area contributed by atoms with Crippen molar-refractivity contribution in [3.8, 4) is 0 Å². The fourth-order valence-corrected chi connectivity index (χ4v) is 3.92. The van der Waals surface area contributed by atoms with Gasteiger partial charge in [0.1, 0.15) is 11.5 Å². The summed E-state index contributed by atoms with van der Waals surface area (Å²) in [5.74, 6) is -0.173. The van der Waals surface area contributed by atoms with E-state index in [2.05, 4.69) is 21.0 Å². The molecular weight excluding hydrogens is 381 g/mol. The molecule has 7 heteroatoms. The molecule has 1 aromatic carbocycles. The Labute approximate surface area is 176 Å². The predicted molar refractivity (Wildman–Crippen MR) is 114 cm³/mol. The normalized spacial score (nSPS) is 15.5. The zero-order chi connectivity index (χ0) is 20.9. The maximum absolute atomic E-state index is 13.4. The van der Waals surface area contributed by atoms with E-state index >= 15 is 0 Å². The van der Waals surface area contributed by atoms with Gasteiger partial charge >= 0.3 is 0 Å². The Hall–Kier alpha value is -2.77. The third-order valence-corrected chi connectivity index (χ3v) is 5.62. The number of rotatable bonds is 7. The van der Waals surface area contributed by atoms with Gasteiger partial charge in [0.15, 0.2) is 0 Å². The van der Waals surface area contributed by atoms with Crippen LogP contribution in [0.5, 0.6) is 0 Å². The van der Waals surface area contributed by atoms with E-state index in [0.29, 0.717) is 19.6 Å². The number of halogens is 1. The summed E-state index contributed by atoms with van der Waals surface area (Å²) in [5.41, 5.74) is 2.86. The van der Waals surface area contributed by atoms with Crippen LogP contribution in [0.2, 0.25) is 0 Å². The number of piperazine rings is 1. The second-order valence-corrected chi connectivity index (χ2v) is 7.79. The third-order valence-electron chi connectivity index (χ3n) is 5.62. The highest BCUT2D eigenvalue weighted by molar-refractivity contribution is 5.78. The second kappa shape index (κ2) is 9.36. The third kappa shape index (κ3) is 5.04. The van der Waals surface area contributed by atoms with E-state index in [0.717, 1.165) is 49.6 Å². The van der Waals surface area contributed by atoms with Crippen molar-refractivity contribution >= 4 is 11.6 Å². The smallest absolute Gasteiger partial charge is 0.237 e. The molecular formula is C23H28FN5O. The molecule has 3 heterocycles. The highest BCUT2D eigenvalue weighted by Gasteiger charge is 2.22. The van der Waals surface area contributed by atoms with E-state index in [1.807, 2.05) is 41.8 Å². The average Bonchev–Trinajstić information content (AvgIpc) is 3.15. The van der Waals surface area contributed by atoms with Crippen LogP contribution in [0, 0.1) is 5.82 Å². The fraction of sp³-hybridized carbons (Fsp3) is 0.391. The van der Waals surface area contributed by atoms with Crippen molar-refractivity contribution in [1.29, 1.82) is 0 Å². The highest BCUT2D eigenvalue weighted by Crippen LogP contribution is 2.12. The molecule has 3 aromatic rings. The van der Waals surface area contributed by atoms with Crippen LogP contribution >= 0.6 is 0 Å². The lowest BCUT2D eigenvalue weighted by molar-refractivity contribution is -0.133. The van der Waals surface area contributed by atoms with Crippen molar-refractivity contribution in [2.24, 2.45) is 0 Å². The molecule has 0 atom stereocenters. The van der Waals surface area contributed by atoms with E-state index < -0.39 is 0 Å². The first kappa shape index (κ1) is 20.5. The minimum Gasteiger partial charge on any atom is -0.338 e. The molecule has 0 unspecified atom stereocenters. The number of likely N-dealkylation sites (N-methyl/N-ethyl adjacent to an activating group) is 1. The van der Waals surface area contributed by atoms with Crippen LogP contribution in [-0.4, -0.2) is 69.3 Å². The van der Waals surface area contributed by atoms with Crippen LogP contribution in [0.15, 0.2) is 54.9 Å². The van der Waals surface area contributed by atoms with E-state index in [9.17, 15) is 9.18 Å². The minimum absolute atomic E-state index is 0.0931. The van der Waals surface area contributed by atoms with Gasteiger partial charge in [-0.1, -0.05) is 18.2 Å². The summed E-state index contributed by atoms with van der Waals surface area (Å²) >= 11 is 0. The van der Waals surface area contributed by atoms with Gasteiger partial charge in [-0.15, -0.1) is 0 Å². The quantitative estimate of drug-likeness (QED) is 0.602. The van der Waals surface area contributed by atoms with E-state index in [1.54, 1.807) is 11.0 Å². The Morgan fingerprint density at radius 3 is 2.63 bits per heavy atom. The number of amides is 1. The van der Waals surface area contributed by atoms with Gasteiger partial charge in [-0.2, -0.15) is 0 Å². The number of benzene rings is 1. The molecule has 0 N–H and O–H groups in total. The largest absolute Gasteiger partial charge is 0.338 e. The number of carbonyl (C=O) groups is 1. The number of aromatic nitrogens is 2. The van der Waals surface area contributed by atoms with Crippen molar-refractivity contribution in [3.05, 3.63) is 71.9 Å². The molecule has 1 aliphatic rings. The minimum atomic E-state index is -0.266. The van der Waals surface area contributed by atoms with Crippen molar-refractivity contribution < 1.29 is 9.18 Å². The summed E-state index contributed by atoms with van der Waals surface area (Å²) in [4.78, 5) is 23.8. The Morgan fingerprint density at radius 1 is 1.10 bits per heavy atom. The molecule has 158 valence electrons. The van der Waals surface area contributed by atoms with Crippen molar-refractivity contribution in [2.75, 3.05) is 39.3 Å². The second-order valence-electron chi connectivity index (χ2n) is 7.79. The number of hydrogen-bond acceptors (Lipinski definition) is 4. The van der Waals surface area contributed by atoms with Gasteiger partial charge in [-0.3, -0.25) is 14.6 Å². The summed E-state index contributed by atoms with van der Waals surface area (Å²) in [6.07, 6.45) is 4.09. The van der Waals surface area contributed by atoms with Gasteiger partial charge in [0, 0.05) is 58.2 Å². The molecule has 1 saturated heterocycles. The zero-order valence-corrected chi connectivity index (χ0v) is 17.4. The van der Waals surface area contributed by atoms with Crippen LogP contribution in [0.4, 0.5) is 4.39 Å². The van der Waals surface area contributed by atoms with E-state index in [4.69, 9.17) is 0 Å². The predicted octanol–water partition coefficient (Wildman–Crippen LogP) is 2.64. The molecule has 6 nitrogen and oxygen atoms in total. The zero-order valence-electron chi connectivity index (χ0n) is 17.4. The number of hydrogen-bond donors (Lipinski definition) is 0. The fourth-order valence-electron chi connectivity index (χ4n) is 3.92. The molecule has 1 fully saturated rings. The first-order chi connectivity index (χ1) is 14.6. The average molecular weight is 410 g/mol. The molecule has 1 aliphatic heterocycles. The number of carbonyl (C=O) groups excluding carboxylic acids is 1. The van der Waals surface area contributed by atoms with E-state index in [1.165, 1.54) is 12.1 Å². The van der Waals surface area contributed by atoms with Crippen LogP contribution < -0.4 is 0 Å². The molecule has 0 saturated carbocycles. The Balaban J connectivity index is 1.26. The van der Waals surface area contributed by atoms with Crippen molar-refractivity contribution in [3.63, 3.8) is 0 Å². The molecule has 0 aliphatic carbocycles. The molecule has 0 bridgehead atoms. The maximum atomic E-state index is 13.4. The van der Waals surface area contributed by atoms with Crippen molar-refractivity contribution in [1.82, 2.24) is 24.1 Å². The summed E-state index contributed by atoms with van der Waals surface area (Å²) < 4.78 is 15.5. The molecule has 0 radical (unpaired) electrons. The Bertz CT molecular complexity index is 963.